The van der Waals surface area contributed by atoms with E-state index in [2.05, 4.69) is 0 Å². The van der Waals surface area contributed by atoms with Gasteiger partial charge in [-0.25, -0.2) is 8.78 Å². The number of rotatable bonds is 5. The zero-order chi connectivity index (χ0) is 12.8. The Bertz CT molecular complexity index is 210. The van der Waals surface area contributed by atoms with Crippen LogP contribution in [-0.2, 0) is 9.47 Å². The number of hydrogen-bond acceptors (Lipinski definition) is 4. The van der Waals surface area contributed by atoms with Gasteiger partial charge in [0.05, 0.1) is 26.4 Å². The molecule has 2 aliphatic rings. The Balaban J connectivity index is 1.68. The fraction of sp³-hybridized carbons (Fsp3) is 1.00. The summed E-state index contributed by atoms with van der Waals surface area (Å²) in [5, 5.41) is 0. The van der Waals surface area contributed by atoms with Crippen LogP contribution in [0.4, 0.5) is 8.78 Å². The molecule has 4 nitrogen and oxygen atoms in total. The number of nitrogens with zero attached hydrogens (tertiary/aromatic N) is 2. The molecule has 2 aliphatic heterocycles. The van der Waals surface area contributed by atoms with Gasteiger partial charge in [0, 0.05) is 39.3 Å². The third kappa shape index (κ3) is 4.42. The van der Waals surface area contributed by atoms with Gasteiger partial charge in [-0.3, -0.25) is 9.80 Å². The average Bonchev–Trinajstić information content (AvgIpc) is 2.41. The van der Waals surface area contributed by atoms with Gasteiger partial charge in [0.2, 0.25) is 0 Å². The predicted octanol–water partition coefficient (Wildman–Crippen LogP) is 0.327. The molecule has 0 spiro atoms. The van der Waals surface area contributed by atoms with Crippen molar-refractivity contribution in [1.82, 2.24) is 9.80 Å². The van der Waals surface area contributed by atoms with Gasteiger partial charge in [-0.2, -0.15) is 0 Å². The molecule has 0 aromatic rings. The van der Waals surface area contributed by atoms with Crippen molar-refractivity contribution in [2.45, 2.75) is 12.3 Å². The molecule has 0 saturated carbocycles. The first kappa shape index (κ1) is 14.1. The minimum absolute atomic E-state index is 0.175. The van der Waals surface area contributed by atoms with E-state index < -0.39 is 12.3 Å². The molecule has 2 fully saturated rings. The Morgan fingerprint density at radius 2 is 1.06 bits per heavy atom. The molecule has 0 aliphatic carbocycles. The van der Waals surface area contributed by atoms with Gasteiger partial charge in [-0.15, -0.1) is 0 Å². The van der Waals surface area contributed by atoms with Gasteiger partial charge in [-0.1, -0.05) is 0 Å². The summed E-state index contributed by atoms with van der Waals surface area (Å²) >= 11 is 0. The van der Waals surface area contributed by atoms with Crippen molar-refractivity contribution in [3.8, 4) is 0 Å². The van der Waals surface area contributed by atoms with Crippen LogP contribution in [0.25, 0.3) is 0 Å². The molecule has 2 saturated heterocycles. The molecule has 2 rings (SSSR count). The smallest absolute Gasteiger partial charge is 0.145 e. The van der Waals surface area contributed by atoms with Crippen LogP contribution in [0, 0.1) is 0 Å². The highest BCUT2D eigenvalue weighted by molar-refractivity contribution is 4.78. The molecule has 0 N–H and O–H groups in total. The SMILES string of the molecule is FC(CN1CCOCC1)C(F)CN1CCOCC1. The van der Waals surface area contributed by atoms with Crippen LogP contribution in [0.1, 0.15) is 0 Å². The number of morpholine rings is 2. The first-order valence-corrected chi connectivity index (χ1v) is 6.64. The van der Waals surface area contributed by atoms with Crippen LogP contribution in [0.3, 0.4) is 0 Å². The van der Waals surface area contributed by atoms with E-state index >= 15 is 0 Å². The summed E-state index contributed by atoms with van der Waals surface area (Å²) in [5.41, 5.74) is 0. The van der Waals surface area contributed by atoms with Crippen molar-refractivity contribution in [3.63, 3.8) is 0 Å². The van der Waals surface area contributed by atoms with Gasteiger partial charge in [-0.05, 0) is 0 Å². The van der Waals surface area contributed by atoms with Crippen molar-refractivity contribution in [1.29, 1.82) is 0 Å². The number of hydrogen-bond donors (Lipinski definition) is 0. The normalized spacial score (nSPS) is 27.0. The summed E-state index contributed by atoms with van der Waals surface area (Å²) in [7, 11) is 0. The molecule has 106 valence electrons. The second kappa shape index (κ2) is 7.33. The highest BCUT2D eigenvalue weighted by Crippen LogP contribution is 2.11. The van der Waals surface area contributed by atoms with E-state index in [0.29, 0.717) is 52.6 Å². The first-order chi connectivity index (χ1) is 8.75. The maximum Gasteiger partial charge on any atom is 0.145 e. The summed E-state index contributed by atoms with van der Waals surface area (Å²) in [6.45, 7) is 5.62. The Hall–Kier alpha value is -0.300. The molecule has 0 radical (unpaired) electrons. The maximum atomic E-state index is 13.8. The third-order valence-electron chi connectivity index (χ3n) is 3.47. The zero-order valence-electron chi connectivity index (χ0n) is 10.7. The van der Waals surface area contributed by atoms with E-state index in [1.54, 1.807) is 0 Å². The third-order valence-corrected chi connectivity index (χ3v) is 3.47. The molecule has 6 heteroatoms. The first-order valence-electron chi connectivity index (χ1n) is 6.64. The van der Waals surface area contributed by atoms with Crippen LogP contribution in [0.15, 0.2) is 0 Å². The highest BCUT2D eigenvalue weighted by atomic mass is 19.2. The summed E-state index contributed by atoms with van der Waals surface area (Å²) in [4.78, 5) is 3.86. The molecule has 2 unspecified atom stereocenters. The fourth-order valence-electron chi connectivity index (χ4n) is 2.29. The highest BCUT2D eigenvalue weighted by Gasteiger charge is 2.26. The minimum Gasteiger partial charge on any atom is -0.379 e. The van der Waals surface area contributed by atoms with Crippen molar-refractivity contribution >= 4 is 0 Å². The standard InChI is InChI=1S/C12H22F2N2O2/c13-11(9-15-1-5-17-6-2-15)12(14)10-16-3-7-18-8-4-16/h11-12H,1-10H2. The van der Waals surface area contributed by atoms with E-state index in [1.807, 2.05) is 9.80 Å². The lowest BCUT2D eigenvalue weighted by atomic mass is 10.2. The lowest BCUT2D eigenvalue weighted by molar-refractivity contribution is -0.00209. The van der Waals surface area contributed by atoms with Gasteiger partial charge in [0.1, 0.15) is 12.3 Å². The summed E-state index contributed by atoms with van der Waals surface area (Å²) in [5.74, 6) is 0. The quantitative estimate of drug-likeness (QED) is 0.714. The maximum absolute atomic E-state index is 13.8. The molecule has 2 atom stereocenters. The molecule has 2 heterocycles. The van der Waals surface area contributed by atoms with Crippen molar-refractivity contribution in [2.75, 3.05) is 65.7 Å². The second-order valence-electron chi connectivity index (χ2n) is 4.86. The summed E-state index contributed by atoms with van der Waals surface area (Å²) < 4.78 is 38.0. The predicted molar refractivity (Wildman–Crippen MR) is 64.3 cm³/mol. The van der Waals surface area contributed by atoms with E-state index in [0.717, 1.165) is 0 Å². The minimum atomic E-state index is -1.41. The number of ether oxygens (including phenoxy) is 2. The van der Waals surface area contributed by atoms with E-state index in [-0.39, 0.29) is 13.1 Å². The molecule has 0 bridgehead atoms. The average molecular weight is 264 g/mol. The fourth-order valence-corrected chi connectivity index (χ4v) is 2.29. The van der Waals surface area contributed by atoms with Crippen molar-refractivity contribution in [3.05, 3.63) is 0 Å². The Morgan fingerprint density at radius 3 is 1.39 bits per heavy atom. The van der Waals surface area contributed by atoms with Crippen LogP contribution < -0.4 is 0 Å². The molecule has 0 aromatic heterocycles. The Kier molecular flexibility index (Phi) is 5.75. The van der Waals surface area contributed by atoms with Crippen molar-refractivity contribution in [2.24, 2.45) is 0 Å². The molecular weight excluding hydrogens is 242 g/mol. The van der Waals surface area contributed by atoms with Crippen molar-refractivity contribution < 1.29 is 18.3 Å². The molecular formula is C12H22F2N2O2. The molecule has 18 heavy (non-hydrogen) atoms. The lowest BCUT2D eigenvalue weighted by Crippen LogP contribution is -2.46. The van der Waals surface area contributed by atoms with Gasteiger partial charge in [0.15, 0.2) is 0 Å². The van der Waals surface area contributed by atoms with E-state index in [1.165, 1.54) is 0 Å². The Labute approximate surface area is 107 Å². The van der Waals surface area contributed by atoms with Crippen LogP contribution in [0.2, 0.25) is 0 Å². The second-order valence-corrected chi connectivity index (χ2v) is 4.86. The summed E-state index contributed by atoms with van der Waals surface area (Å²) in [6.07, 6.45) is -2.82. The topological polar surface area (TPSA) is 24.9 Å². The van der Waals surface area contributed by atoms with Crippen LogP contribution in [-0.4, -0.2) is 87.8 Å². The lowest BCUT2D eigenvalue weighted by Gasteiger charge is -2.31. The number of alkyl halides is 2. The van der Waals surface area contributed by atoms with Crippen LogP contribution >= 0.6 is 0 Å². The van der Waals surface area contributed by atoms with Gasteiger partial charge in [0.25, 0.3) is 0 Å². The monoisotopic (exact) mass is 264 g/mol. The molecule has 0 aromatic carbocycles. The van der Waals surface area contributed by atoms with E-state index in [4.69, 9.17) is 9.47 Å². The van der Waals surface area contributed by atoms with Crippen LogP contribution in [0.5, 0.6) is 0 Å². The van der Waals surface area contributed by atoms with Gasteiger partial charge >= 0.3 is 0 Å². The summed E-state index contributed by atoms with van der Waals surface area (Å²) in [6, 6.07) is 0. The largest absolute Gasteiger partial charge is 0.379 e. The molecule has 0 amide bonds. The van der Waals surface area contributed by atoms with E-state index in [9.17, 15) is 8.78 Å². The number of halogens is 2. The zero-order valence-corrected chi connectivity index (χ0v) is 10.7. The van der Waals surface area contributed by atoms with Gasteiger partial charge < -0.3 is 9.47 Å². The Morgan fingerprint density at radius 1 is 0.722 bits per heavy atom.